The van der Waals surface area contributed by atoms with Crippen molar-refractivity contribution in [2.24, 2.45) is 0 Å². The summed E-state index contributed by atoms with van der Waals surface area (Å²) in [5.41, 5.74) is 8.97. The van der Waals surface area contributed by atoms with Crippen molar-refractivity contribution in [2.75, 3.05) is 11.5 Å². The van der Waals surface area contributed by atoms with Gasteiger partial charge in [-0.15, -0.1) is 4.79 Å². The molecular formula is C17H34N2O4S2. The Kier molecular flexibility index (Phi) is 13.1. The first-order chi connectivity index (χ1) is 11.8. The molecular weight excluding hydrogens is 360 g/mol. The van der Waals surface area contributed by atoms with Gasteiger partial charge >= 0.3 is 4.38 Å². The fourth-order valence-corrected chi connectivity index (χ4v) is 6.45. The molecule has 0 aromatic carbocycles. The number of hydrogen-bond donors (Lipinski definition) is 0. The molecule has 0 fully saturated rings. The third-order valence-corrected chi connectivity index (χ3v) is 8.55. The fourth-order valence-electron chi connectivity index (χ4n) is 2.64. The number of hydrogen-bond acceptors (Lipinski definition) is 4. The molecule has 0 N–H and O–H groups in total. The van der Waals surface area contributed by atoms with Gasteiger partial charge in [-0.2, -0.15) is 0 Å². The first-order valence-corrected chi connectivity index (χ1v) is 12.8. The maximum absolute atomic E-state index is 12.2. The van der Waals surface area contributed by atoms with Gasteiger partial charge in [-0.3, -0.25) is 0 Å². The Balaban J connectivity index is 4.48. The van der Waals surface area contributed by atoms with E-state index in [1.165, 1.54) is 0 Å². The molecule has 0 radical (unpaired) electrons. The molecule has 25 heavy (non-hydrogen) atoms. The van der Waals surface area contributed by atoms with Gasteiger partial charge in [0.2, 0.25) is 0 Å². The van der Waals surface area contributed by atoms with Crippen LogP contribution < -0.4 is 0 Å². The van der Waals surface area contributed by atoms with Crippen LogP contribution in [0.4, 0.5) is 0 Å². The molecule has 148 valence electrons. The second-order valence-electron chi connectivity index (χ2n) is 6.54. The molecule has 0 unspecified atom stereocenters. The van der Waals surface area contributed by atoms with Crippen LogP contribution in [0.15, 0.2) is 0 Å². The molecule has 0 bridgehead atoms. The second kappa shape index (κ2) is 13.5. The Morgan fingerprint density at radius 3 is 1.28 bits per heavy atom. The normalized spacial score (nSPS) is 12.1. The largest absolute Gasteiger partial charge is 0.495 e. The van der Waals surface area contributed by atoms with Crippen molar-refractivity contribution < 1.29 is 21.6 Å². The van der Waals surface area contributed by atoms with E-state index in [2.05, 4.69) is 18.6 Å². The van der Waals surface area contributed by atoms with Crippen molar-refractivity contribution in [3.63, 3.8) is 0 Å². The predicted molar refractivity (Wildman–Crippen MR) is 103 cm³/mol. The highest BCUT2D eigenvalue weighted by molar-refractivity contribution is 8.31. The average molecular weight is 395 g/mol. The highest BCUT2D eigenvalue weighted by atomic mass is 32.3. The summed E-state index contributed by atoms with van der Waals surface area (Å²) in [4.78, 5) is 2.63. The van der Waals surface area contributed by atoms with E-state index >= 15 is 0 Å². The molecule has 0 aromatic rings. The topological polar surface area (TPSA) is 105 Å². The van der Waals surface area contributed by atoms with Gasteiger partial charge in [0, 0.05) is 0 Å². The molecule has 0 spiro atoms. The van der Waals surface area contributed by atoms with Crippen LogP contribution in [-0.2, 0) is 19.7 Å². The average Bonchev–Trinajstić information content (AvgIpc) is 2.54. The van der Waals surface area contributed by atoms with E-state index in [9.17, 15) is 16.8 Å². The van der Waals surface area contributed by atoms with Crippen molar-refractivity contribution in [3.8, 4) is 0 Å². The van der Waals surface area contributed by atoms with Gasteiger partial charge < -0.3 is 5.53 Å². The van der Waals surface area contributed by atoms with Crippen molar-refractivity contribution in [2.45, 2.75) is 90.9 Å². The van der Waals surface area contributed by atoms with Crippen LogP contribution in [0.1, 0.15) is 90.9 Å². The number of nitrogens with zero attached hydrogens (tertiary/aromatic N) is 2. The third-order valence-electron chi connectivity index (χ3n) is 4.15. The molecule has 0 saturated heterocycles. The van der Waals surface area contributed by atoms with Crippen LogP contribution in [0.5, 0.6) is 0 Å². The monoisotopic (exact) mass is 394 g/mol. The molecule has 0 aliphatic carbocycles. The number of sulfone groups is 2. The Bertz CT molecular complexity index is 559. The van der Waals surface area contributed by atoms with Crippen LogP contribution >= 0.6 is 0 Å². The maximum Gasteiger partial charge on any atom is 0.495 e. The number of rotatable bonds is 14. The van der Waals surface area contributed by atoms with Gasteiger partial charge in [0.25, 0.3) is 19.7 Å². The van der Waals surface area contributed by atoms with Gasteiger partial charge in [-0.1, -0.05) is 78.1 Å². The van der Waals surface area contributed by atoms with E-state index in [1.54, 1.807) is 0 Å². The lowest BCUT2D eigenvalue weighted by atomic mass is 10.1. The summed E-state index contributed by atoms with van der Waals surface area (Å²) >= 11 is 0. The molecule has 0 aliphatic heterocycles. The van der Waals surface area contributed by atoms with E-state index in [4.69, 9.17) is 5.53 Å². The summed E-state index contributed by atoms with van der Waals surface area (Å²) < 4.78 is 47.8. The molecule has 8 heteroatoms. The minimum Gasteiger partial charge on any atom is -0.359 e. The zero-order valence-electron chi connectivity index (χ0n) is 15.7. The summed E-state index contributed by atoms with van der Waals surface area (Å²) in [5.74, 6) is -0.567. The van der Waals surface area contributed by atoms with E-state index in [1.807, 2.05) is 0 Å². The molecule has 6 nitrogen and oxygen atoms in total. The summed E-state index contributed by atoms with van der Waals surface area (Å²) in [5, 5.41) is 0. The Morgan fingerprint density at radius 2 is 0.960 bits per heavy atom. The highest BCUT2D eigenvalue weighted by Crippen LogP contribution is 2.12. The standard InChI is InChI=1S/C17H34N2O4S2/c1-3-5-7-9-11-13-15-24(20,21)17(19-18)25(22,23)16-14-12-10-8-6-4-2/h3-16H2,1-2H3. The van der Waals surface area contributed by atoms with Gasteiger partial charge in [-0.25, -0.2) is 16.8 Å². The van der Waals surface area contributed by atoms with Crippen molar-refractivity contribution >= 4 is 24.1 Å². The maximum atomic E-state index is 12.2. The van der Waals surface area contributed by atoms with Gasteiger partial charge in [0.05, 0.1) is 11.5 Å². The minimum atomic E-state index is -4.06. The second-order valence-corrected chi connectivity index (χ2v) is 10.8. The van der Waals surface area contributed by atoms with E-state index in [0.717, 1.165) is 64.2 Å². The molecule has 0 aromatic heterocycles. The SMILES string of the molecule is CCCCCCCCS(=O)(=O)C(=[N+]=[N-])S(=O)(=O)CCCCCCCC. The quantitative estimate of drug-likeness (QED) is 0.145. The highest BCUT2D eigenvalue weighted by Gasteiger charge is 2.40. The van der Waals surface area contributed by atoms with E-state index < -0.39 is 24.1 Å². The molecule has 0 amide bonds. The summed E-state index contributed by atoms with van der Waals surface area (Å²) in [7, 11) is -8.12. The smallest absolute Gasteiger partial charge is 0.359 e. The third kappa shape index (κ3) is 10.8. The van der Waals surface area contributed by atoms with Gasteiger partial charge in [-0.05, 0) is 12.8 Å². The molecule has 0 atom stereocenters. The summed E-state index contributed by atoms with van der Waals surface area (Å²) in [6.45, 7) is 4.20. The first-order valence-electron chi connectivity index (χ1n) is 9.49. The van der Waals surface area contributed by atoms with Crippen LogP contribution in [-0.4, -0.2) is 37.5 Å². The minimum absolute atomic E-state index is 0.283. The van der Waals surface area contributed by atoms with Crippen LogP contribution in [0.3, 0.4) is 0 Å². The lowest BCUT2D eigenvalue weighted by Crippen LogP contribution is -2.30. The van der Waals surface area contributed by atoms with Crippen LogP contribution in [0.2, 0.25) is 0 Å². The zero-order chi connectivity index (χ0) is 19.2. The Labute approximate surface area is 153 Å². The molecule has 0 saturated carbocycles. The van der Waals surface area contributed by atoms with E-state index in [0.29, 0.717) is 12.8 Å². The van der Waals surface area contributed by atoms with Crippen molar-refractivity contribution in [3.05, 3.63) is 5.53 Å². The van der Waals surface area contributed by atoms with Crippen LogP contribution in [0.25, 0.3) is 5.53 Å². The van der Waals surface area contributed by atoms with Gasteiger partial charge in [0.1, 0.15) is 0 Å². The molecule has 0 aliphatic rings. The van der Waals surface area contributed by atoms with E-state index in [-0.39, 0.29) is 11.5 Å². The molecule has 0 rings (SSSR count). The predicted octanol–water partition coefficient (Wildman–Crippen LogP) is 4.12. The fraction of sp³-hybridized carbons (Fsp3) is 0.941. The summed E-state index contributed by atoms with van der Waals surface area (Å²) in [6, 6.07) is 0. The Hall–Kier alpha value is -0.720. The lowest BCUT2D eigenvalue weighted by Gasteiger charge is -2.03. The zero-order valence-corrected chi connectivity index (χ0v) is 17.4. The number of unbranched alkanes of at least 4 members (excludes halogenated alkanes) is 10. The Morgan fingerprint density at radius 1 is 0.640 bits per heavy atom. The van der Waals surface area contributed by atoms with Gasteiger partial charge in [0.15, 0.2) is 0 Å². The van der Waals surface area contributed by atoms with Crippen LogP contribution in [0, 0.1) is 0 Å². The van der Waals surface area contributed by atoms with Crippen molar-refractivity contribution in [1.82, 2.24) is 0 Å². The first kappa shape index (κ1) is 24.3. The molecule has 0 heterocycles. The van der Waals surface area contributed by atoms with Crippen molar-refractivity contribution in [1.29, 1.82) is 0 Å². The lowest BCUT2D eigenvalue weighted by molar-refractivity contribution is 0.00380. The summed E-state index contributed by atoms with van der Waals surface area (Å²) in [6.07, 6.45) is 10.6.